The zero-order chi connectivity index (χ0) is 9.35. The van der Waals surface area contributed by atoms with Gasteiger partial charge in [0.1, 0.15) is 17.8 Å². The molecular formula is C7H15NO4. The molecule has 1 aliphatic rings. The van der Waals surface area contributed by atoms with Gasteiger partial charge in [-0.3, -0.25) is 0 Å². The lowest BCUT2D eigenvalue weighted by Gasteiger charge is -2.41. The van der Waals surface area contributed by atoms with Crippen LogP contribution < -0.4 is 5.32 Å². The molecule has 72 valence electrons. The quantitative estimate of drug-likeness (QED) is 0.303. The first-order valence-corrected chi connectivity index (χ1v) is 3.92. The molecule has 1 aliphatic heterocycles. The van der Waals surface area contributed by atoms with Crippen molar-refractivity contribution in [3.63, 3.8) is 0 Å². The van der Waals surface area contributed by atoms with Crippen molar-refractivity contribution in [3.8, 4) is 0 Å². The molecule has 1 fully saturated rings. The van der Waals surface area contributed by atoms with E-state index in [4.69, 9.17) is 5.11 Å². The molecule has 1 unspecified atom stereocenters. The summed E-state index contributed by atoms with van der Waals surface area (Å²) in [5.41, 5.74) is -1.33. The van der Waals surface area contributed by atoms with Gasteiger partial charge in [0.15, 0.2) is 0 Å². The number of nitrogens with one attached hydrogen (secondary N) is 1. The van der Waals surface area contributed by atoms with E-state index >= 15 is 0 Å². The fourth-order valence-corrected chi connectivity index (χ4v) is 1.32. The second-order valence-electron chi connectivity index (χ2n) is 3.46. The first-order valence-electron chi connectivity index (χ1n) is 3.92. The third-order valence-corrected chi connectivity index (χ3v) is 2.29. The summed E-state index contributed by atoms with van der Waals surface area (Å²) < 4.78 is 0. The SMILES string of the molecule is C[C@]1(O)CNC(CO)[C@@H](O)[C@@H]1O. The Hall–Kier alpha value is -0.200. The summed E-state index contributed by atoms with van der Waals surface area (Å²) >= 11 is 0. The highest BCUT2D eigenvalue weighted by molar-refractivity contribution is 4.99. The number of piperidine rings is 1. The van der Waals surface area contributed by atoms with Gasteiger partial charge in [-0.2, -0.15) is 0 Å². The molecule has 0 aliphatic carbocycles. The van der Waals surface area contributed by atoms with Crippen molar-refractivity contribution in [2.24, 2.45) is 0 Å². The minimum Gasteiger partial charge on any atom is -0.395 e. The lowest BCUT2D eigenvalue weighted by Crippen LogP contribution is -2.66. The Morgan fingerprint density at radius 1 is 1.50 bits per heavy atom. The molecule has 0 aromatic heterocycles. The van der Waals surface area contributed by atoms with E-state index in [0.717, 1.165) is 0 Å². The summed E-state index contributed by atoms with van der Waals surface area (Å²) in [4.78, 5) is 0. The summed E-state index contributed by atoms with van der Waals surface area (Å²) in [6.45, 7) is 1.34. The van der Waals surface area contributed by atoms with Crippen LogP contribution in [0.15, 0.2) is 0 Å². The highest BCUT2D eigenvalue weighted by Crippen LogP contribution is 2.19. The lowest BCUT2D eigenvalue weighted by molar-refractivity contribution is -0.149. The predicted octanol–water partition coefficient (Wildman–Crippen LogP) is -2.58. The second-order valence-corrected chi connectivity index (χ2v) is 3.46. The zero-order valence-electron chi connectivity index (χ0n) is 6.94. The van der Waals surface area contributed by atoms with Crippen LogP contribution in [0.4, 0.5) is 0 Å². The topological polar surface area (TPSA) is 93.0 Å². The molecule has 0 saturated carbocycles. The molecule has 0 aromatic rings. The standard InChI is InChI=1S/C7H15NO4/c1-7(12)3-8-4(2-9)5(10)6(7)11/h4-6,8-12H,2-3H2,1H3/t4?,5-,6+,7+/m1/s1. The van der Waals surface area contributed by atoms with E-state index in [9.17, 15) is 15.3 Å². The number of hydrogen-bond acceptors (Lipinski definition) is 5. The van der Waals surface area contributed by atoms with Gasteiger partial charge in [-0.25, -0.2) is 0 Å². The second kappa shape index (κ2) is 3.27. The maximum Gasteiger partial charge on any atom is 0.111 e. The minimum atomic E-state index is -1.33. The Labute approximate surface area is 70.6 Å². The summed E-state index contributed by atoms with van der Waals surface area (Å²) in [5, 5.41) is 39.6. The van der Waals surface area contributed by atoms with Crippen molar-refractivity contribution in [2.45, 2.75) is 30.8 Å². The Morgan fingerprint density at radius 3 is 2.58 bits per heavy atom. The van der Waals surface area contributed by atoms with E-state index in [0.29, 0.717) is 0 Å². The van der Waals surface area contributed by atoms with Crippen molar-refractivity contribution < 1.29 is 20.4 Å². The van der Waals surface area contributed by atoms with Crippen LogP contribution in [0.5, 0.6) is 0 Å². The van der Waals surface area contributed by atoms with Crippen molar-refractivity contribution in [3.05, 3.63) is 0 Å². The molecule has 1 rings (SSSR count). The normalized spacial score (nSPS) is 49.2. The first-order chi connectivity index (χ1) is 5.49. The highest BCUT2D eigenvalue weighted by Gasteiger charge is 2.43. The van der Waals surface area contributed by atoms with Crippen LogP contribution in [0.2, 0.25) is 0 Å². The zero-order valence-corrected chi connectivity index (χ0v) is 6.94. The number of hydrogen-bond donors (Lipinski definition) is 5. The largest absolute Gasteiger partial charge is 0.395 e. The van der Waals surface area contributed by atoms with Gasteiger partial charge < -0.3 is 25.7 Å². The third kappa shape index (κ3) is 1.60. The molecule has 12 heavy (non-hydrogen) atoms. The predicted molar refractivity (Wildman–Crippen MR) is 41.5 cm³/mol. The van der Waals surface area contributed by atoms with Gasteiger partial charge in [0.25, 0.3) is 0 Å². The lowest BCUT2D eigenvalue weighted by atomic mass is 9.87. The molecule has 0 aromatic carbocycles. The van der Waals surface area contributed by atoms with Gasteiger partial charge in [-0.15, -0.1) is 0 Å². The maximum absolute atomic E-state index is 9.47. The number of β-amino-alcohol motifs (C(OH)–C–C–N with tert-alkyl or cyclic N) is 1. The number of aliphatic hydroxyl groups is 4. The molecule has 0 radical (unpaired) electrons. The van der Waals surface area contributed by atoms with Crippen LogP contribution in [0.25, 0.3) is 0 Å². The smallest absolute Gasteiger partial charge is 0.111 e. The van der Waals surface area contributed by atoms with E-state index in [1.54, 1.807) is 0 Å². The van der Waals surface area contributed by atoms with Gasteiger partial charge >= 0.3 is 0 Å². The van der Waals surface area contributed by atoms with E-state index < -0.39 is 23.9 Å². The Bertz CT molecular complexity index is 161. The van der Waals surface area contributed by atoms with E-state index in [1.807, 2.05) is 0 Å². The summed E-state index contributed by atoms with van der Waals surface area (Å²) in [6.07, 6.45) is -2.34. The summed E-state index contributed by atoms with van der Waals surface area (Å²) in [7, 11) is 0. The fourth-order valence-electron chi connectivity index (χ4n) is 1.32. The molecule has 0 bridgehead atoms. The Morgan fingerprint density at radius 2 is 2.08 bits per heavy atom. The van der Waals surface area contributed by atoms with Crippen LogP contribution in [0.3, 0.4) is 0 Å². The number of aliphatic hydroxyl groups excluding tert-OH is 3. The van der Waals surface area contributed by atoms with Crippen LogP contribution in [-0.2, 0) is 0 Å². The average molecular weight is 177 g/mol. The van der Waals surface area contributed by atoms with E-state index in [2.05, 4.69) is 5.32 Å². The van der Waals surface area contributed by atoms with Gasteiger partial charge in [0, 0.05) is 6.54 Å². The average Bonchev–Trinajstić information content (AvgIpc) is 2.01. The van der Waals surface area contributed by atoms with Crippen LogP contribution in [0.1, 0.15) is 6.92 Å². The van der Waals surface area contributed by atoms with Crippen LogP contribution >= 0.6 is 0 Å². The van der Waals surface area contributed by atoms with Crippen LogP contribution in [0, 0.1) is 0 Å². The molecular weight excluding hydrogens is 162 g/mol. The molecule has 1 saturated heterocycles. The van der Waals surface area contributed by atoms with Crippen molar-refractivity contribution in [2.75, 3.05) is 13.2 Å². The number of rotatable bonds is 1. The summed E-state index contributed by atoms with van der Waals surface area (Å²) in [5.74, 6) is 0. The van der Waals surface area contributed by atoms with E-state index in [-0.39, 0.29) is 13.2 Å². The van der Waals surface area contributed by atoms with Gasteiger partial charge in [-0.05, 0) is 6.92 Å². The molecule has 5 nitrogen and oxygen atoms in total. The highest BCUT2D eigenvalue weighted by atomic mass is 16.4. The summed E-state index contributed by atoms with van der Waals surface area (Å²) in [6, 6.07) is -0.555. The molecule has 5 N–H and O–H groups in total. The van der Waals surface area contributed by atoms with Crippen molar-refractivity contribution >= 4 is 0 Å². The van der Waals surface area contributed by atoms with Gasteiger partial charge in [-0.1, -0.05) is 0 Å². The molecule has 0 spiro atoms. The minimum absolute atomic E-state index is 0.163. The Balaban J connectivity index is 2.65. The Kier molecular flexibility index (Phi) is 2.70. The first kappa shape index (κ1) is 9.88. The third-order valence-electron chi connectivity index (χ3n) is 2.29. The van der Waals surface area contributed by atoms with Gasteiger partial charge in [0.05, 0.1) is 12.6 Å². The molecule has 1 heterocycles. The fraction of sp³-hybridized carbons (Fsp3) is 1.00. The monoisotopic (exact) mass is 177 g/mol. The maximum atomic E-state index is 9.47. The van der Waals surface area contributed by atoms with Gasteiger partial charge in [0.2, 0.25) is 0 Å². The molecule has 5 heteroatoms. The molecule has 4 atom stereocenters. The van der Waals surface area contributed by atoms with E-state index in [1.165, 1.54) is 6.92 Å². The van der Waals surface area contributed by atoms with Crippen LogP contribution in [-0.4, -0.2) is 57.4 Å². The van der Waals surface area contributed by atoms with Crippen molar-refractivity contribution in [1.29, 1.82) is 0 Å². The van der Waals surface area contributed by atoms with Crippen molar-refractivity contribution in [1.82, 2.24) is 5.32 Å². The molecule has 0 amide bonds.